The summed E-state index contributed by atoms with van der Waals surface area (Å²) in [6.07, 6.45) is 6.36. The van der Waals surface area contributed by atoms with Gasteiger partial charge in [0.1, 0.15) is 5.72 Å². The SMILES string of the molecule is CC(C)[Si](C(C)C)(C(C)C)n1ccc(CCN2C(=O)CCC2(C)O)c1. The lowest BCUT2D eigenvalue weighted by atomic mass is 10.2. The fourth-order valence-corrected chi connectivity index (χ4v) is 11.7. The van der Waals surface area contributed by atoms with E-state index in [0.29, 0.717) is 36.0 Å². The van der Waals surface area contributed by atoms with Crippen LogP contribution in [0.15, 0.2) is 18.5 Å². The number of carbonyl (C=O) groups excluding carboxylic acids is 1. The van der Waals surface area contributed by atoms with E-state index in [4.69, 9.17) is 0 Å². The third-order valence-electron chi connectivity index (χ3n) is 6.30. The highest BCUT2D eigenvalue weighted by atomic mass is 28.3. The van der Waals surface area contributed by atoms with Gasteiger partial charge >= 0.3 is 0 Å². The summed E-state index contributed by atoms with van der Waals surface area (Å²) in [5, 5.41) is 10.4. The summed E-state index contributed by atoms with van der Waals surface area (Å²) >= 11 is 0. The molecule has 2 rings (SSSR count). The first-order chi connectivity index (χ1) is 11.5. The van der Waals surface area contributed by atoms with Crippen LogP contribution in [0.3, 0.4) is 0 Å². The molecule has 0 spiro atoms. The number of carbonyl (C=O) groups is 1. The van der Waals surface area contributed by atoms with Crippen LogP contribution >= 0.6 is 0 Å². The van der Waals surface area contributed by atoms with Gasteiger partial charge in [0.2, 0.25) is 5.91 Å². The molecule has 0 aliphatic carbocycles. The van der Waals surface area contributed by atoms with Gasteiger partial charge in [-0.05, 0) is 54.0 Å². The normalized spacial score (nSPS) is 22.0. The molecule has 1 aliphatic heterocycles. The highest BCUT2D eigenvalue weighted by Gasteiger charge is 2.45. The second-order valence-corrected chi connectivity index (χ2v) is 14.5. The van der Waals surface area contributed by atoms with Crippen LogP contribution in [-0.4, -0.2) is 40.7 Å². The van der Waals surface area contributed by atoms with Crippen molar-refractivity contribution < 1.29 is 9.90 Å². The van der Waals surface area contributed by atoms with Crippen LogP contribution in [0.25, 0.3) is 0 Å². The van der Waals surface area contributed by atoms with Crippen molar-refractivity contribution in [2.45, 2.75) is 90.1 Å². The molecule has 0 saturated carbocycles. The molecule has 2 heterocycles. The van der Waals surface area contributed by atoms with Gasteiger partial charge in [0.05, 0.1) is 0 Å². The standard InChI is InChI=1S/C20H36N2O2Si/c1-15(2)25(16(3)4,17(5)6)21-12-9-18(14-21)10-13-22-19(23)8-11-20(22,7)24/h9,12,14-17,24H,8,10-11,13H2,1-7H3. The van der Waals surface area contributed by atoms with E-state index in [1.807, 2.05) is 0 Å². The number of aliphatic hydroxyl groups is 1. The molecule has 0 aromatic carbocycles. The molecule has 1 aromatic rings. The number of likely N-dealkylation sites (tertiary alicyclic amines) is 1. The maximum atomic E-state index is 12.0. The zero-order valence-electron chi connectivity index (χ0n) is 17.0. The molecule has 1 unspecified atom stereocenters. The third-order valence-corrected chi connectivity index (χ3v) is 13.0. The molecular weight excluding hydrogens is 328 g/mol. The molecule has 1 aromatic heterocycles. The van der Waals surface area contributed by atoms with E-state index in [9.17, 15) is 9.90 Å². The van der Waals surface area contributed by atoms with Gasteiger partial charge in [-0.15, -0.1) is 0 Å². The summed E-state index contributed by atoms with van der Waals surface area (Å²) in [6.45, 7) is 16.5. The van der Waals surface area contributed by atoms with E-state index in [-0.39, 0.29) is 5.91 Å². The van der Waals surface area contributed by atoms with Gasteiger partial charge < -0.3 is 14.2 Å². The Morgan fingerprint density at radius 1 is 1.16 bits per heavy atom. The highest BCUT2D eigenvalue weighted by molar-refractivity contribution is 6.82. The summed E-state index contributed by atoms with van der Waals surface area (Å²) in [7, 11) is -1.70. The topological polar surface area (TPSA) is 45.5 Å². The summed E-state index contributed by atoms with van der Waals surface area (Å²) in [5.41, 5.74) is 2.26. The van der Waals surface area contributed by atoms with Crippen molar-refractivity contribution in [2.75, 3.05) is 6.54 Å². The van der Waals surface area contributed by atoms with Gasteiger partial charge in [-0.2, -0.15) is 0 Å². The largest absolute Gasteiger partial charge is 0.379 e. The van der Waals surface area contributed by atoms with E-state index in [0.717, 1.165) is 6.42 Å². The third kappa shape index (κ3) is 3.58. The van der Waals surface area contributed by atoms with Crippen molar-refractivity contribution in [2.24, 2.45) is 0 Å². The molecule has 142 valence electrons. The van der Waals surface area contributed by atoms with Crippen molar-refractivity contribution in [3.05, 3.63) is 24.0 Å². The van der Waals surface area contributed by atoms with Crippen molar-refractivity contribution in [3.8, 4) is 0 Å². The first-order valence-corrected chi connectivity index (χ1v) is 11.9. The number of aromatic nitrogens is 1. The highest BCUT2D eigenvalue weighted by Crippen LogP contribution is 2.42. The van der Waals surface area contributed by atoms with Gasteiger partial charge in [0, 0.05) is 19.4 Å². The van der Waals surface area contributed by atoms with Crippen molar-refractivity contribution in [1.29, 1.82) is 0 Å². The molecule has 1 fully saturated rings. The summed E-state index contributed by atoms with van der Waals surface area (Å²) in [4.78, 5) is 13.7. The number of amides is 1. The number of nitrogens with zero attached hydrogens (tertiary/aromatic N) is 2. The molecule has 0 bridgehead atoms. The molecule has 1 amide bonds. The van der Waals surface area contributed by atoms with E-state index in [2.05, 4.69) is 64.2 Å². The van der Waals surface area contributed by atoms with Crippen LogP contribution in [-0.2, 0) is 11.2 Å². The molecule has 25 heavy (non-hydrogen) atoms. The Kier molecular flexibility index (Phi) is 5.89. The number of hydrogen-bond acceptors (Lipinski definition) is 2. The van der Waals surface area contributed by atoms with Gasteiger partial charge in [-0.1, -0.05) is 41.5 Å². The smallest absolute Gasteiger partial charge is 0.224 e. The zero-order valence-corrected chi connectivity index (χ0v) is 18.0. The predicted octanol–water partition coefficient (Wildman–Crippen LogP) is 4.39. The molecule has 1 atom stereocenters. The van der Waals surface area contributed by atoms with Gasteiger partial charge in [-0.3, -0.25) is 4.79 Å². The minimum atomic E-state index is -1.70. The van der Waals surface area contributed by atoms with E-state index in [1.165, 1.54) is 5.56 Å². The number of hydrogen-bond donors (Lipinski definition) is 1. The quantitative estimate of drug-likeness (QED) is 0.730. The van der Waals surface area contributed by atoms with Crippen molar-refractivity contribution >= 4 is 14.1 Å². The van der Waals surface area contributed by atoms with Gasteiger partial charge in [-0.25, -0.2) is 0 Å². The Balaban J connectivity index is 2.20. The predicted molar refractivity (Wildman–Crippen MR) is 106 cm³/mol. The number of rotatable bonds is 7. The first-order valence-electron chi connectivity index (χ1n) is 9.73. The average molecular weight is 365 g/mol. The van der Waals surface area contributed by atoms with Crippen LogP contribution < -0.4 is 0 Å². The van der Waals surface area contributed by atoms with Crippen LogP contribution in [0.2, 0.25) is 16.6 Å². The van der Waals surface area contributed by atoms with Crippen molar-refractivity contribution in [3.63, 3.8) is 0 Å². The van der Waals surface area contributed by atoms with Crippen LogP contribution in [0.4, 0.5) is 0 Å². The lowest BCUT2D eigenvalue weighted by Gasteiger charge is -2.44. The Morgan fingerprint density at radius 2 is 1.72 bits per heavy atom. The molecule has 0 radical (unpaired) electrons. The fraction of sp³-hybridized carbons (Fsp3) is 0.750. The molecular formula is C20H36N2O2Si. The van der Waals surface area contributed by atoms with Crippen LogP contribution in [0, 0.1) is 0 Å². The summed E-state index contributed by atoms with van der Waals surface area (Å²) in [5.74, 6) is 0.0692. The fourth-order valence-electron chi connectivity index (χ4n) is 5.21. The van der Waals surface area contributed by atoms with Crippen LogP contribution in [0.5, 0.6) is 0 Å². The van der Waals surface area contributed by atoms with E-state index >= 15 is 0 Å². The van der Waals surface area contributed by atoms with Gasteiger partial charge in [0.25, 0.3) is 0 Å². The zero-order chi connectivity index (χ0) is 19.0. The second kappa shape index (κ2) is 7.27. The van der Waals surface area contributed by atoms with Gasteiger partial charge in [0.15, 0.2) is 8.24 Å². The molecule has 4 nitrogen and oxygen atoms in total. The lowest BCUT2D eigenvalue weighted by molar-refractivity contribution is -0.142. The van der Waals surface area contributed by atoms with Crippen LogP contribution in [0.1, 0.15) is 66.9 Å². The summed E-state index contributed by atoms with van der Waals surface area (Å²) in [6, 6.07) is 2.20. The molecule has 1 saturated heterocycles. The molecule has 1 aliphatic rings. The maximum absolute atomic E-state index is 12.0. The maximum Gasteiger partial charge on any atom is 0.224 e. The van der Waals surface area contributed by atoms with E-state index in [1.54, 1.807) is 11.8 Å². The average Bonchev–Trinajstić information content (AvgIpc) is 3.02. The first kappa shape index (κ1) is 20.2. The summed E-state index contributed by atoms with van der Waals surface area (Å²) < 4.78 is 2.53. The molecule has 1 N–H and O–H groups in total. The minimum absolute atomic E-state index is 0.0692. The lowest BCUT2D eigenvalue weighted by Crippen LogP contribution is -2.51. The monoisotopic (exact) mass is 364 g/mol. The Labute approximate surface area is 154 Å². The minimum Gasteiger partial charge on any atom is -0.379 e. The van der Waals surface area contributed by atoms with Crippen molar-refractivity contribution in [1.82, 2.24) is 9.13 Å². The molecule has 5 heteroatoms. The Hall–Kier alpha value is -1.07. The Morgan fingerprint density at radius 3 is 2.16 bits per heavy atom. The van der Waals surface area contributed by atoms with E-state index < -0.39 is 14.0 Å². The Bertz CT molecular complexity index is 583. The second-order valence-electron chi connectivity index (χ2n) is 8.79.